The lowest BCUT2D eigenvalue weighted by atomic mass is 9.91. The van der Waals surface area contributed by atoms with Gasteiger partial charge in [0, 0.05) is 19.7 Å². The third kappa shape index (κ3) is 3.48. The van der Waals surface area contributed by atoms with E-state index >= 15 is 0 Å². The van der Waals surface area contributed by atoms with Gasteiger partial charge < -0.3 is 20.1 Å². The quantitative estimate of drug-likeness (QED) is 0.786. The lowest BCUT2D eigenvalue weighted by molar-refractivity contribution is -0.148. The van der Waals surface area contributed by atoms with E-state index in [2.05, 4.69) is 5.32 Å². The molecule has 0 spiro atoms. The zero-order chi connectivity index (χ0) is 15.3. The fraction of sp³-hybridized carbons (Fsp3) is 0.867. The Hall–Kier alpha value is -1.30. The lowest BCUT2D eigenvalue weighted by Gasteiger charge is -2.34. The van der Waals surface area contributed by atoms with Crippen LogP contribution < -0.4 is 5.32 Å². The van der Waals surface area contributed by atoms with Gasteiger partial charge in [0.05, 0.1) is 6.10 Å². The van der Waals surface area contributed by atoms with Crippen molar-refractivity contribution in [2.75, 3.05) is 19.7 Å². The number of nitrogens with one attached hydrogen (secondary N) is 1. The molecule has 6 heteroatoms. The normalized spacial score (nSPS) is 28.8. The first-order chi connectivity index (χ1) is 10.1. The molecule has 0 aliphatic carbocycles. The van der Waals surface area contributed by atoms with Gasteiger partial charge in [0.2, 0.25) is 0 Å². The summed E-state index contributed by atoms with van der Waals surface area (Å²) in [5, 5.41) is 12.4. The van der Waals surface area contributed by atoms with Gasteiger partial charge in [0.15, 0.2) is 0 Å². The molecule has 2 atom stereocenters. The molecule has 2 saturated heterocycles. The number of carboxylic acid groups (broad SMARTS) is 1. The number of rotatable bonds is 6. The van der Waals surface area contributed by atoms with Gasteiger partial charge in [-0.2, -0.15) is 0 Å². The van der Waals surface area contributed by atoms with E-state index in [1.807, 2.05) is 6.92 Å². The maximum atomic E-state index is 12.3. The van der Waals surface area contributed by atoms with Crippen molar-refractivity contribution in [2.45, 2.75) is 63.5 Å². The van der Waals surface area contributed by atoms with Gasteiger partial charge in [-0.15, -0.1) is 0 Å². The molecule has 0 aromatic heterocycles. The van der Waals surface area contributed by atoms with Gasteiger partial charge in [0.1, 0.15) is 5.54 Å². The van der Waals surface area contributed by atoms with Crippen LogP contribution in [-0.4, -0.2) is 53.3 Å². The molecule has 2 aliphatic heterocycles. The maximum absolute atomic E-state index is 12.3. The number of carbonyl (C=O) groups excluding carboxylic acids is 1. The van der Waals surface area contributed by atoms with Crippen LogP contribution in [0.25, 0.3) is 0 Å². The van der Waals surface area contributed by atoms with E-state index in [1.165, 1.54) is 4.90 Å². The van der Waals surface area contributed by atoms with Crippen LogP contribution in [0.1, 0.15) is 51.9 Å². The van der Waals surface area contributed by atoms with E-state index in [0.29, 0.717) is 25.9 Å². The average Bonchev–Trinajstić information content (AvgIpc) is 3.08. The lowest BCUT2D eigenvalue weighted by Crippen LogP contribution is -2.56. The third-order valence-corrected chi connectivity index (χ3v) is 4.56. The summed E-state index contributed by atoms with van der Waals surface area (Å²) < 4.78 is 5.52. The number of ether oxygens (including phenoxy) is 1. The molecule has 2 amide bonds. The van der Waals surface area contributed by atoms with Crippen LogP contribution in [0.2, 0.25) is 0 Å². The number of carbonyl (C=O) groups is 2. The van der Waals surface area contributed by atoms with Crippen molar-refractivity contribution in [3.8, 4) is 0 Å². The van der Waals surface area contributed by atoms with Crippen LogP contribution in [0.4, 0.5) is 4.79 Å². The van der Waals surface area contributed by atoms with Gasteiger partial charge in [-0.3, -0.25) is 0 Å². The number of urea groups is 1. The van der Waals surface area contributed by atoms with Crippen molar-refractivity contribution in [2.24, 2.45) is 0 Å². The van der Waals surface area contributed by atoms with E-state index in [0.717, 1.165) is 38.7 Å². The molecule has 0 radical (unpaired) electrons. The average molecular weight is 298 g/mol. The third-order valence-electron chi connectivity index (χ3n) is 4.56. The molecule has 21 heavy (non-hydrogen) atoms. The predicted octanol–water partition coefficient (Wildman–Crippen LogP) is 1.98. The summed E-state index contributed by atoms with van der Waals surface area (Å²) in [6.07, 6.45) is 5.75. The Labute approximate surface area is 125 Å². The van der Waals surface area contributed by atoms with Gasteiger partial charge in [-0.25, -0.2) is 9.59 Å². The van der Waals surface area contributed by atoms with Crippen molar-refractivity contribution < 1.29 is 19.4 Å². The van der Waals surface area contributed by atoms with Crippen molar-refractivity contribution >= 4 is 12.0 Å². The molecule has 2 fully saturated rings. The van der Waals surface area contributed by atoms with E-state index in [9.17, 15) is 14.7 Å². The number of hydrogen-bond acceptors (Lipinski definition) is 3. The van der Waals surface area contributed by atoms with Crippen molar-refractivity contribution in [1.82, 2.24) is 10.2 Å². The molecule has 6 nitrogen and oxygen atoms in total. The zero-order valence-electron chi connectivity index (χ0n) is 12.8. The molecule has 2 aliphatic rings. The van der Waals surface area contributed by atoms with Gasteiger partial charge in [-0.1, -0.05) is 13.3 Å². The molecule has 2 N–H and O–H groups in total. The summed E-state index contributed by atoms with van der Waals surface area (Å²) in [4.78, 5) is 25.5. The van der Waals surface area contributed by atoms with Crippen LogP contribution in [0.3, 0.4) is 0 Å². The molecular weight excluding hydrogens is 272 g/mol. The number of hydrogen-bond donors (Lipinski definition) is 2. The minimum absolute atomic E-state index is 0.240. The van der Waals surface area contributed by atoms with Crippen molar-refractivity contribution in [1.29, 1.82) is 0 Å². The number of nitrogens with zero attached hydrogens (tertiary/aromatic N) is 1. The number of carboxylic acids is 1. The summed E-state index contributed by atoms with van der Waals surface area (Å²) in [5.74, 6) is -0.879. The SMILES string of the molecule is CCCC1(C(=O)O)CCCN1C(=O)NCCC1CCCO1. The van der Waals surface area contributed by atoms with Crippen LogP contribution in [0.15, 0.2) is 0 Å². The molecule has 2 unspecified atom stereocenters. The topological polar surface area (TPSA) is 78.9 Å². The molecule has 2 rings (SSSR count). The van der Waals surface area contributed by atoms with E-state index < -0.39 is 11.5 Å². The maximum Gasteiger partial charge on any atom is 0.329 e. The highest BCUT2D eigenvalue weighted by atomic mass is 16.5. The largest absolute Gasteiger partial charge is 0.479 e. The summed E-state index contributed by atoms with van der Waals surface area (Å²) in [7, 11) is 0. The molecule has 0 saturated carbocycles. The van der Waals surface area contributed by atoms with Crippen LogP contribution in [-0.2, 0) is 9.53 Å². The van der Waals surface area contributed by atoms with Gasteiger partial charge in [-0.05, 0) is 38.5 Å². The molecule has 2 heterocycles. The van der Waals surface area contributed by atoms with Crippen LogP contribution >= 0.6 is 0 Å². The Morgan fingerprint density at radius 3 is 2.86 bits per heavy atom. The number of amides is 2. The molecule has 120 valence electrons. The first kappa shape index (κ1) is 16.1. The second-order valence-corrected chi connectivity index (χ2v) is 6.00. The standard InChI is InChI=1S/C15H26N2O4/c1-2-7-15(13(18)19)8-4-10-17(15)14(20)16-9-6-12-5-3-11-21-12/h12H,2-11H2,1H3,(H,16,20)(H,18,19). The fourth-order valence-electron chi connectivity index (χ4n) is 3.48. The van der Waals surface area contributed by atoms with Gasteiger partial charge in [0.25, 0.3) is 0 Å². The minimum Gasteiger partial charge on any atom is -0.479 e. The van der Waals surface area contributed by atoms with Crippen LogP contribution in [0.5, 0.6) is 0 Å². The van der Waals surface area contributed by atoms with Crippen LogP contribution in [0, 0.1) is 0 Å². The highest BCUT2D eigenvalue weighted by molar-refractivity contribution is 5.87. The molecule has 0 aromatic rings. The van der Waals surface area contributed by atoms with Crippen molar-refractivity contribution in [3.05, 3.63) is 0 Å². The fourth-order valence-corrected chi connectivity index (χ4v) is 3.48. The predicted molar refractivity (Wildman–Crippen MR) is 78.2 cm³/mol. The Balaban J connectivity index is 1.88. The first-order valence-corrected chi connectivity index (χ1v) is 8.00. The Bertz CT molecular complexity index is 382. The summed E-state index contributed by atoms with van der Waals surface area (Å²) in [6.45, 7) is 3.83. The Kier molecular flexibility index (Phi) is 5.45. The number of aliphatic carboxylic acids is 1. The second-order valence-electron chi connectivity index (χ2n) is 6.00. The first-order valence-electron chi connectivity index (χ1n) is 8.00. The van der Waals surface area contributed by atoms with Crippen molar-refractivity contribution in [3.63, 3.8) is 0 Å². The minimum atomic E-state index is -1.01. The summed E-state index contributed by atoms with van der Waals surface area (Å²) in [6, 6.07) is -0.249. The molecule has 0 bridgehead atoms. The Morgan fingerprint density at radius 1 is 1.43 bits per heavy atom. The smallest absolute Gasteiger partial charge is 0.329 e. The second kappa shape index (κ2) is 7.11. The van der Waals surface area contributed by atoms with Gasteiger partial charge >= 0.3 is 12.0 Å². The monoisotopic (exact) mass is 298 g/mol. The highest BCUT2D eigenvalue weighted by Crippen LogP contribution is 2.34. The highest BCUT2D eigenvalue weighted by Gasteiger charge is 2.49. The summed E-state index contributed by atoms with van der Waals surface area (Å²) in [5.41, 5.74) is -1.01. The Morgan fingerprint density at radius 2 is 2.24 bits per heavy atom. The zero-order valence-corrected chi connectivity index (χ0v) is 12.8. The van der Waals surface area contributed by atoms with E-state index in [-0.39, 0.29) is 12.1 Å². The molecule has 0 aromatic carbocycles. The van der Waals surface area contributed by atoms with E-state index in [4.69, 9.17) is 4.74 Å². The summed E-state index contributed by atoms with van der Waals surface area (Å²) >= 11 is 0. The number of likely N-dealkylation sites (tertiary alicyclic amines) is 1. The molecular formula is C15H26N2O4. The van der Waals surface area contributed by atoms with E-state index in [1.54, 1.807) is 0 Å².